The second kappa shape index (κ2) is 6.31. The van der Waals surface area contributed by atoms with Crippen molar-refractivity contribution in [2.45, 2.75) is 13.3 Å². The van der Waals surface area contributed by atoms with E-state index in [0.717, 1.165) is 0 Å². The van der Waals surface area contributed by atoms with Gasteiger partial charge in [-0.2, -0.15) is 0 Å². The topological polar surface area (TPSA) is 81.4 Å². The van der Waals surface area contributed by atoms with Crippen molar-refractivity contribution >= 4 is 29.1 Å². The zero-order valence-corrected chi connectivity index (χ0v) is 9.02. The smallest absolute Gasteiger partial charge is 0.307 e. The monoisotopic (exact) mass is 218 g/mol. The molecule has 0 aliphatic rings. The lowest BCUT2D eigenvalue weighted by atomic mass is 10.1. The Balaban J connectivity index is 3.75. The summed E-state index contributed by atoms with van der Waals surface area (Å²) in [6, 6.07) is 0. The van der Waals surface area contributed by atoms with Gasteiger partial charge in [0.1, 0.15) is 0 Å². The standard InChI is InChI=1S/C8H14N2O3S/c1-5(7(9)14)8(12)10-4-3-6(11)13-2/h5H,3-4H2,1-2H3,(H2,9,14)(H,10,12). The number of nitrogens with two attached hydrogens (primary N) is 1. The molecule has 0 saturated carbocycles. The highest BCUT2D eigenvalue weighted by molar-refractivity contribution is 7.80. The first kappa shape index (κ1) is 12.8. The van der Waals surface area contributed by atoms with Gasteiger partial charge in [0.15, 0.2) is 0 Å². The van der Waals surface area contributed by atoms with Crippen LogP contribution in [0.3, 0.4) is 0 Å². The number of esters is 1. The van der Waals surface area contributed by atoms with E-state index in [1.165, 1.54) is 7.11 Å². The van der Waals surface area contributed by atoms with E-state index in [4.69, 9.17) is 5.73 Å². The molecule has 0 spiro atoms. The Bertz CT molecular complexity index is 243. The molecule has 1 atom stereocenters. The maximum Gasteiger partial charge on any atom is 0.307 e. The van der Waals surface area contributed by atoms with Crippen LogP contribution in [0, 0.1) is 5.92 Å². The van der Waals surface area contributed by atoms with Crippen LogP contribution in [0.1, 0.15) is 13.3 Å². The molecule has 0 aliphatic heterocycles. The predicted molar refractivity (Wildman–Crippen MR) is 55.6 cm³/mol. The lowest BCUT2D eigenvalue weighted by molar-refractivity contribution is -0.140. The lowest BCUT2D eigenvalue weighted by Crippen LogP contribution is -2.37. The maximum absolute atomic E-state index is 11.2. The van der Waals surface area contributed by atoms with Crippen LogP contribution in [0.4, 0.5) is 0 Å². The first-order chi connectivity index (χ1) is 6.49. The van der Waals surface area contributed by atoms with E-state index in [2.05, 4.69) is 22.3 Å². The van der Waals surface area contributed by atoms with Gasteiger partial charge in [-0.3, -0.25) is 9.59 Å². The summed E-state index contributed by atoms with van der Waals surface area (Å²) >= 11 is 4.64. The largest absolute Gasteiger partial charge is 0.469 e. The number of amides is 1. The summed E-state index contributed by atoms with van der Waals surface area (Å²) in [5, 5.41) is 2.52. The molecule has 0 aromatic carbocycles. The maximum atomic E-state index is 11.2. The van der Waals surface area contributed by atoms with E-state index in [-0.39, 0.29) is 29.8 Å². The second-order valence-corrected chi connectivity index (χ2v) is 3.21. The molecule has 0 radical (unpaired) electrons. The summed E-state index contributed by atoms with van der Waals surface area (Å²) in [5.74, 6) is -1.16. The number of hydrogen-bond acceptors (Lipinski definition) is 4. The Morgan fingerprint density at radius 2 is 2.14 bits per heavy atom. The third-order valence-electron chi connectivity index (χ3n) is 1.68. The van der Waals surface area contributed by atoms with Crippen molar-refractivity contribution in [2.75, 3.05) is 13.7 Å². The average molecular weight is 218 g/mol. The van der Waals surface area contributed by atoms with Crippen molar-refractivity contribution < 1.29 is 14.3 Å². The summed E-state index contributed by atoms with van der Waals surface area (Å²) in [4.78, 5) is 22.0. The Morgan fingerprint density at radius 1 is 1.57 bits per heavy atom. The summed E-state index contributed by atoms with van der Waals surface area (Å²) in [6.07, 6.45) is 0.145. The van der Waals surface area contributed by atoms with Crippen LogP contribution in [0.2, 0.25) is 0 Å². The summed E-state index contributed by atoms with van der Waals surface area (Å²) < 4.78 is 4.40. The van der Waals surface area contributed by atoms with E-state index in [0.29, 0.717) is 0 Å². The Hall–Kier alpha value is -1.17. The molecular formula is C8H14N2O3S. The number of thiocarbonyl (C=S) groups is 1. The molecule has 3 N–H and O–H groups in total. The second-order valence-electron chi connectivity index (χ2n) is 2.74. The van der Waals surface area contributed by atoms with Gasteiger partial charge >= 0.3 is 5.97 Å². The van der Waals surface area contributed by atoms with Crippen molar-refractivity contribution in [2.24, 2.45) is 11.7 Å². The molecule has 0 heterocycles. The van der Waals surface area contributed by atoms with Gasteiger partial charge < -0.3 is 15.8 Å². The van der Waals surface area contributed by atoms with Crippen LogP contribution in [-0.2, 0) is 14.3 Å². The first-order valence-corrected chi connectivity index (χ1v) is 4.53. The van der Waals surface area contributed by atoms with Crippen LogP contribution in [0.5, 0.6) is 0 Å². The number of hydrogen-bond donors (Lipinski definition) is 2. The van der Waals surface area contributed by atoms with E-state index in [9.17, 15) is 9.59 Å². The number of ether oxygens (including phenoxy) is 1. The van der Waals surface area contributed by atoms with Crippen molar-refractivity contribution in [1.29, 1.82) is 0 Å². The van der Waals surface area contributed by atoms with Gasteiger partial charge in [-0.25, -0.2) is 0 Å². The number of methoxy groups -OCH3 is 1. The molecule has 0 aliphatic carbocycles. The molecule has 0 bridgehead atoms. The molecule has 6 heteroatoms. The third-order valence-corrected chi connectivity index (χ3v) is 2.03. The molecule has 0 saturated heterocycles. The third kappa shape index (κ3) is 4.76. The minimum absolute atomic E-state index is 0.139. The van der Waals surface area contributed by atoms with Gasteiger partial charge in [-0.1, -0.05) is 12.2 Å². The normalized spacial score (nSPS) is 11.6. The molecule has 0 fully saturated rings. The van der Waals surface area contributed by atoms with E-state index in [1.54, 1.807) is 6.92 Å². The fraction of sp³-hybridized carbons (Fsp3) is 0.625. The molecule has 0 rings (SSSR count). The summed E-state index contributed by atoms with van der Waals surface area (Å²) in [6.45, 7) is 1.84. The minimum Gasteiger partial charge on any atom is -0.469 e. The lowest BCUT2D eigenvalue weighted by Gasteiger charge is -2.09. The zero-order chi connectivity index (χ0) is 11.1. The van der Waals surface area contributed by atoms with Gasteiger partial charge in [0.25, 0.3) is 0 Å². The number of nitrogens with one attached hydrogen (secondary N) is 1. The number of carbonyl (C=O) groups excluding carboxylic acids is 2. The van der Waals surface area contributed by atoms with Gasteiger partial charge in [0, 0.05) is 6.54 Å². The van der Waals surface area contributed by atoms with Crippen LogP contribution in [0.15, 0.2) is 0 Å². The van der Waals surface area contributed by atoms with E-state index >= 15 is 0 Å². The highest BCUT2D eigenvalue weighted by atomic mass is 32.1. The molecular weight excluding hydrogens is 204 g/mol. The van der Waals surface area contributed by atoms with Crippen molar-refractivity contribution in [1.82, 2.24) is 5.32 Å². The zero-order valence-electron chi connectivity index (χ0n) is 8.20. The minimum atomic E-state index is -0.511. The number of rotatable bonds is 5. The summed E-state index contributed by atoms with van der Waals surface area (Å²) in [5.41, 5.74) is 5.27. The van der Waals surface area contributed by atoms with Crippen molar-refractivity contribution in [3.63, 3.8) is 0 Å². The SMILES string of the molecule is COC(=O)CCNC(=O)C(C)C(N)=S. The molecule has 0 aromatic heterocycles. The Morgan fingerprint density at radius 3 is 2.57 bits per heavy atom. The van der Waals surface area contributed by atoms with Crippen molar-refractivity contribution in [3.8, 4) is 0 Å². The van der Waals surface area contributed by atoms with Gasteiger partial charge in [-0.15, -0.1) is 0 Å². The van der Waals surface area contributed by atoms with Gasteiger partial charge in [-0.05, 0) is 6.92 Å². The highest BCUT2D eigenvalue weighted by Crippen LogP contribution is 1.94. The predicted octanol–water partition coefficient (Wildman–Crippen LogP) is -0.412. The number of carbonyl (C=O) groups is 2. The van der Waals surface area contributed by atoms with Crippen LogP contribution < -0.4 is 11.1 Å². The quantitative estimate of drug-likeness (QED) is 0.484. The molecule has 1 amide bonds. The highest BCUT2D eigenvalue weighted by Gasteiger charge is 2.14. The van der Waals surface area contributed by atoms with Gasteiger partial charge in [0.2, 0.25) is 5.91 Å². The molecule has 5 nitrogen and oxygen atoms in total. The van der Waals surface area contributed by atoms with Crippen LogP contribution in [-0.4, -0.2) is 30.5 Å². The van der Waals surface area contributed by atoms with Crippen LogP contribution >= 0.6 is 12.2 Å². The van der Waals surface area contributed by atoms with Crippen molar-refractivity contribution in [3.05, 3.63) is 0 Å². The van der Waals surface area contributed by atoms with E-state index in [1.807, 2.05) is 0 Å². The van der Waals surface area contributed by atoms with Crippen LogP contribution in [0.25, 0.3) is 0 Å². The summed E-state index contributed by atoms with van der Waals surface area (Å²) in [7, 11) is 1.29. The Kier molecular flexibility index (Phi) is 5.78. The van der Waals surface area contributed by atoms with Gasteiger partial charge in [0.05, 0.1) is 24.4 Å². The average Bonchev–Trinajstić information content (AvgIpc) is 2.15. The Labute approximate surface area is 88.0 Å². The first-order valence-electron chi connectivity index (χ1n) is 4.13. The van der Waals surface area contributed by atoms with E-state index < -0.39 is 5.92 Å². The molecule has 80 valence electrons. The fourth-order valence-electron chi connectivity index (χ4n) is 0.672. The molecule has 1 unspecified atom stereocenters. The molecule has 0 aromatic rings. The molecule has 14 heavy (non-hydrogen) atoms. The fourth-order valence-corrected chi connectivity index (χ4v) is 0.779.